The van der Waals surface area contributed by atoms with Crippen LogP contribution in [-0.4, -0.2) is 42.5 Å². The van der Waals surface area contributed by atoms with Crippen molar-refractivity contribution >= 4 is 16.9 Å². The van der Waals surface area contributed by atoms with Crippen LogP contribution in [0.5, 0.6) is 5.88 Å². The number of esters is 1. The Bertz CT molecular complexity index is 1160. The molecule has 4 rings (SSSR count). The summed E-state index contributed by atoms with van der Waals surface area (Å²) in [5, 5.41) is 1.20. The van der Waals surface area contributed by atoms with Crippen LogP contribution in [0.2, 0.25) is 0 Å². The van der Waals surface area contributed by atoms with Crippen molar-refractivity contribution in [2.45, 2.75) is 84.1 Å². The van der Waals surface area contributed by atoms with E-state index in [2.05, 4.69) is 35.5 Å². The van der Waals surface area contributed by atoms with Crippen molar-refractivity contribution in [3.05, 3.63) is 47.7 Å². The predicted octanol–water partition coefficient (Wildman–Crippen LogP) is 7.53. The van der Waals surface area contributed by atoms with Crippen LogP contribution in [-0.2, 0) is 16.0 Å². The van der Waals surface area contributed by atoms with Crippen LogP contribution in [0.1, 0.15) is 93.5 Å². The molecule has 0 saturated heterocycles. The molecule has 1 saturated carbocycles. The van der Waals surface area contributed by atoms with Crippen molar-refractivity contribution in [3.63, 3.8) is 0 Å². The quantitative estimate of drug-likeness (QED) is 0.177. The number of carbonyl (C=O) groups excluding carboxylic acids is 1. The van der Waals surface area contributed by atoms with Gasteiger partial charge in [-0.05, 0) is 61.4 Å². The van der Waals surface area contributed by atoms with Crippen molar-refractivity contribution in [1.29, 1.82) is 0 Å². The Labute approximate surface area is 221 Å². The average Bonchev–Trinajstić information content (AvgIpc) is 3.26. The lowest BCUT2D eigenvalue weighted by atomic mass is 9.82. The number of hydrogen-bond acceptors (Lipinski definition) is 5. The Morgan fingerprint density at radius 1 is 1.03 bits per heavy atom. The highest BCUT2D eigenvalue weighted by atomic mass is 16.5. The average molecular weight is 507 g/mol. The van der Waals surface area contributed by atoms with E-state index in [4.69, 9.17) is 14.2 Å². The summed E-state index contributed by atoms with van der Waals surface area (Å²) in [6.45, 7) is 7.04. The molecule has 1 aliphatic rings. The number of pyridine rings is 1. The summed E-state index contributed by atoms with van der Waals surface area (Å²) in [7, 11) is 1.43. The van der Waals surface area contributed by atoms with Crippen LogP contribution < -0.4 is 4.74 Å². The molecule has 37 heavy (non-hydrogen) atoms. The zero-order valence-electron chi connectivity index (χ0n) is 22.8. The van der Waals surface area contributed by atoms with Gasteiger partial charge in [-0.15, -0.1) is 0 Å². The van der Waals surface area contributed by atoms with Crippen molar-refractivity contribution in [3.8, 4) is 17.1 Å². The predicted molar refractivity (Wildman–Crippen MR) is 148 cm³/mol. The number of ether oxygens (including phenoxy) is 3. The van der Waals surface area contributed by atoms with E-state index >= 15 is 0 Å². The van der Waals surface area contributed by atoms with Gasteiger partial charge in [-0.25, -0.2) is 9.78 Å². The van der Waals surface area contributed by atoms with E-state index < -0.39 is 0 Å². The van der Waals surface area contributed by atoms with Gasteiger partial charge in [0.25, 0.3) is 0 Å². The molecule has 6 nitrogen and oxygen atoms in total. The number of hydrogen-bond donors (Lipinski definition) is 0. The third-order valence-corrected chi connectivity index (χ3v) is 7.40. The topological polar surface area (TPSA) is 62.6 Å². The Morgan fingerprint density at radius 2 is 1.81 bits per heavy atom. The monoisotopic (exact) mass is 506 g/mol. The number of nitrogens with zero attached hydrogens (tertiary/aromatic N) is 2. The lowest BCUT2D eigenvalue weighted by Crippen LogP contribution is -2.11. The number of aromatic nitrogens is 2. The molecule has 0 amide bonds. The first-order chi connectivity index (χ1) is 18.2. The molecule has 2 aromatic heterocycles. The molecule has 0 atom stereocenters. The molecule has 0 radical (unpaired) electrons. The van der Waals surface area contributed by atoms with E-state index in [1.807, 2.05) is 18.2 Å². The molecule has 2 heterocycles. The lowest BCUT2D eigenvalue weighted by molar-refractivity contribution is 0.0601. The van der Waals surface area contributed by atoms with Gasteiger partial charge in [-0.2, -0.15) is 0 Å². The molecule has 6 heteroatoms. The molecule has 200 valence electrons. The van der Waals surface area contributed by atoms with Crippen molar-refractivity contribution in [1.82, 2.24) is 9.55 Å². The molecule has 1 fully saturated rings. The minimum atomic E-state index is -0.320. The van der Waals surface area contributed by atoms with Gasteiger partial charge in [0.15, 0.2) is 0 Å². The van der Waals surface area contributed by atoms with Crippen LogP contribution in [0, 0.1) is 0 Å². The lowest BCUT2D eigenvalue weighted by Gasteiger charge is -2.24. The minimum absolute atomic E-state index is 0.320. The van der Waals surface area contributed by atoms with Gasteiger partial charge in [-0.3, -0.25) is 0 Å². The summed E-state index contributed by atoms with van der Waals surface area (Å²) in [4.78, 5) is 17.1. The van der Waals surface area contributed by atoms with E-state index in [1.165, 1.54) is 50.2 Å². The SMILES string of the molecule is CCCCOCCn1c(-c2cccnc2OCCCC)c(C2CCCCC2)c2ccc(C(=O)OC)cc21. The standard InChI is InChI=1S/C31H42N2O4/c1-4-6-19-36-21-18-33-27-22-24(31(34)35-3)15-16-25(27)28(23-12-9-8-10-13-23)29(33)26-14-11-17-32-30(26)37-20-7-5-2/h11,14-17,22-23H,4-10,12-13,18-21H2,1-3H3. The van der Waals surface area contributed by atoms with E-state index in [0.717, 1.165) is 49.1 Å². The number of unbranched alkanes of at least 4 members (excludes halogenated alkanes) is 2. The highest BCUT2D eigenvalue weighted by molar-refractivity contribution is 5.99. The van der Waals surface area contributed by atoms with E-state index in [1.54, 1.807) is 6.20 Å². The fourth-order valence-corrected chi connectivity index (χ4v) is 5.45. The molecule has 0 spiro atoms. The number of benzene rings is 1. The van der Waals surface area contributed by atoms with Gasteiger partial charge in [0.2, 0.25) is 5.88 Å². The number of rotatable bonds is 13. The normalized spacial score (nSPS) is 14.2. The highest BCUT2D eigenvalue weighted by Gasteiger charge is 2.28. The Morgan fingerprint density at radius 3 is 2.57 bits per heavy atom. The van der Waals surface area contributed by atoms with E-state index in [0.29, 0.717) is 37.1 Å². The van der Waals surface area contributed by atoms with Crippen LogP contribution in [0.3, 0.4) is 0 Å². The number of carbonyl (C=O) groups is 1. The third-order valence-electron chi connectivity index (χ3n) is 7.40. The van der Waals surface area contributed by atoms with Crippen molar-refractivity contribution in [2.75, 3.05) is 26.9 Å². The maximum Gasteiger partial charge on any atom is 0.337 e. The first-order valence-electron chi connectivity index (χ1n) is 14.1. The molecule has 1 aliphatic carbocycles. The van der Waals surface area contributed by atoms with Crippen LogP contribution in [0.4, 0.5) is 0 Å². The fourth-order valence-electron chi connectivity index (χ4n) is 5.45. The summed E-state index contributed by atoms with van der Waals surface area (Å²) in [6.07, 6.45) is 12.1. The first-order valence-corrected chi connectivity index (χ1v) is 14.1. The van der Waals surface area contributed by atoms with Crippen LogP contribution in [0.15, 0.2) is 36.5 Å². The summed E-state index contributed by atoms with van der Waals surface area (Å²) in [5.41, 5.74) is 5.13. The van der Waals surface area contributed by atoms with Crippen LogP contribution in [0.25, 0.3) is 22.2 Å². The summed E-state index contributed by atoms with van der Waals surface area (Å²) >= 11 is 0. The number of methoxy groups -OCH3 is 1. The molecule has 0 unspecified atom stereocenters. The van der Waals surface area contributed by atoms with Crippen molar-refractivity contribution < 1.29 is 19.0 Å². The summed E-state index contributed by atoms with van der Waals surface area (Å²) in [5.74, 6) is 0.818. The van der Waals surface area contributed by atoms with Gasteiger partial charge in [0.05, 0.1) is 37.1 Å². The molecular weight excluding hydrogens is 464 g/mol. The van der Waals surface area contributed by atoms with E-state index in [-0.39, 0.29) is 5.97 Å². The second kappa shape index (κ2) is 13.6. The van der Waals surface area contributed by atoms with E-state index in [9.17, 15) is 4.79 Å². The molecule has 0 N–H and O–H groups in total. The fraction of sp³-hybridized carbons (Fsp3) is 0.548. The summed E-state index contributed by atoms with van der Waals surface area (Å²) < 4.78 is 19.6. The first kappa shape index (κ1) is 27.2. The second-order valence-electron chi connectivity index (χ2n) is 10.00. The zero-order valence-corrected chi connectivity index (χ0v) is 22.8. The molecule has 0 aliphatic heterocycles. The third kappa shape index (κ3) is 6.35. The molecular formula is C31H42N2O4. The minimum Gasteiger partial charge on any atom is -0.477 e. The zero-order chi connectivity index (χ0) is 26.0. The smallest absolute Gasteiger partial charge is 0.337 e. The summed E-state index contributed by atoms with van der Waals surface area (Å²) in [6, 6.07) is 10.1. The highest BCUT2D eigenvalue weighted by Crippen LogP contribution is 2.46. The van der Waals surface area contributed by atoms with Gasteiger partial charge in [-0.1, -0.05) is 52.0 Å². The number of fused-ring (bicyclic) bond motifs is 1. The molecule has 1 aromatic carbocycles. The molecule has 3 aromatic rings. The van der Waals surface area contributed by atoms with Crippen LogP contribution >= 0.6 is 0 Å². The second-order valence-corrected chi connectivity index (χ2v) is 10.00. The Kier molecular flexibility index (Phi) is 10.0. The van der Waals surface area contributed by atoms with Gasteiger partial charge in [0.1, 0.15) is 0 Å². The Hall–Kier alpha value is -2.86. The largest absolute Gasteiger partial charge is 0.477 e. The van der Waals surface area contributed by atoms with Gasteiger partial charge in [0, 0.05) is 30.3 Å². The van der Waals surface area contributed by atoms with Crippen molar-refractivity contribution in [2.24, 2.45) is 0 Å². The maximum absolute atomic E-state index is 12.5. The molecule has 0 bridgehead atoms. The van der Waals surface area contributed by atoms with Gasteiger partial charge >= 0.3 is 5.97 Å². The van der Waals surface area contributed by atoms with Gasteiger partial charge < -0.3 is 18.8 Å². The Balaban J connectivity index is 1.90. The maximum atomic E-state index is 12.5.